The van der Waals surface area contributed by atoms with Crippen molar-refractivity contribution in [2.24, 2.45) is 0 Å². The molecular weight excluding hydrogens is 348 g/mol. The van der Waals surface area contributed by atoms with Crippen molar-refractivity contribution < 1.29 is 9.47 Å². The van der Waals surface area contributed by atoms with E-state index in [9.17, 15) is 0 Å². The van der Waals surface area contributed by atoms with Gasteiger partial charge in [-0.2, -0.15) is 0 Å². The lowest BCUT2D eigenvalue weighted by Gasteiger charge is -2.15. The number of alkyl halides is 1. The van der Waals surface area contributed by atoms with Crippen LogP contribution in [-0.4, -0.2) is 14.2 Å². The van der Waals surface area contributed by atoms with Crippen molar-refractivity contribution in [1.82, 2.24) is 0 Å². The number of methoxy groups -OCH3 is 2. The zero-order chi connectivity index (χ0) is 14.0. The second kappa shape index (κ2) is 6.16. The highest BCUT2D eigenvalue weighted by molar-refractivity contribution is 9.09. The maximum atomic E-state index is 6.34. The standard InChI is InChI=1S/C14H14BrClO2S/c1-8-4-5-19-14(8)13(15)9-6-11(17-2)12(18-3)7-10(9)16/h4-7,13H,1-3H3. The van der Waals surface area contributed by atoms with Crippen molar-refractivity contribution in [1.29, 1.82) is 0 Å². The number of hydrogen-bond acceptors (Lipinski definition) is 3. The molecule has 102 valence electrons. The van der Waals surface area contributed by atoms with Crippen LogP contribution in [-0.2, 0) is 0 Å². The molecule has 1 heterocycles. The Balaban J connectivity index is 2.48. The SMILES string of the molecule is COc1cc(Cl)c(C(Br)c2sccc2C)cc1OC. The fourth-order valence-corrected chi connectivity index (χ4v) is 4.23. The van der Waals surface area contributed by atoms with Crippen molar-refractivity contribution in [2.75, 3.05) is 14.2 Å². The molecule has 0 aliphatic carbocycles. The van der Waals surface area contributed by atoms with Crippen molar-refractivity contribution in [2.45, 2.75) is 11.8 Å². The molecule has 0 spiro atoms. The Hall–Kier alpha value is -0.710. The topological polar surface area (TPSA) is 18.5 Å². The Labute approximate surface area is 130 Å². The predicted molar refractivity (Wildman–Crippen MR) is 84.4 cm³/mol. The van der Waals surface area contributed by atoms with Crippen LogP contribution in [0.5, 0.6) is 11.5 Å². The minimum absolute atomic E-state index is 0.0554. The van der Waals surface area contributed by atoms with Crippen molar-refractivity contribution in [3.8, 4) is 11.5 Å². The van der Waals surface area contributed by atoms with Gasteiger partial charge in [-0.05, 0) is 35.6 Å². The van der Waals surface area contributed by atoms with E-state index >= 15 is 0 Å². The maximum Gasteiger partial charge on any atom is 0.162 e. The number of hydrogen-bond donors (Lipinski definition) is 0. The highest BCUT2D eigenvalue weighted by Crippen LogP contribution is 2.43. The van der Waals surface area contributed by atoms with Gasteiger partial charge in [0.05, 0.1) is 19.0 Å². The molecule has 2 nitrogen and oxygen atoms in total. The smallest absolute Gasteiger partial charge is 0.162 e. The van der Waals surface area contributed by atoms with Crippen LogP contribution in [0.15, 0.2) is 23.6 Å². The normalized spacial score (nSPS) is 12.3. The Bertz CT molecular complexity index is 583. The number of aryl methyl sites for hydroxylation is 1. The quantitative estimate of drug-likeness (QED) is 0.696. The molecule has 0 saturated carbocycles. The fourth-order valence-electron chi connectivity index (χ4n) is 1.85. The second-order valence-electron chi connectivity index (χ2n) is 4.06. The van der Waals surface area contributed by atoms with Gasteiger partial charge in [0.1, 0.15) is 0 Å². The van der Waals surface area contributed by atoms with Gasteiger partial charge in [0, 0.05) is 16.0 Å². The van der Waals surface area contributed by atoms with Crippen LogP contribution in [0, 0.1) is 6.92 Å². The highest BCUT2D eigenvalue weighted by Gasteiger charge is 2.20. The zero-order valence-corrected chi connectivity index (χ0v) is 14.0. The molecule has 0 fully saturated rings. The minimum atomic E-state index is 0.0554. The summed E-state index contributed by atoms with van der Waals surface area (Å²) in [6.45, 7) is 2.09. The average molecular weight is 362 g/mol. The summed E-state index contributed by atoms with van der Waals surface area (Å²) in [5.41, 5.74) is 2.22. The van der Waals surface area contributed by atoms with E-state index in [4.69, 9.17) is 21.1 Å². The molecule has 0 radical (unpaired) electrons. The van der Waals surface area contributed by atoms with Crippen LogP contribution in [0.3, 0.4) is 0 Å². The molecule has 1 atom stereocenters. The van der Waals surface area contributed by atoms with Gasteiger partial charge in [0.15, 0.2) is 11.5 Å². The molecule has 0 aliphatic rings. The van der Waals surface area contributed by atoms with E-state index in [-0.39, 0.29) is 4.83 Å². The molecule has 0 amide bonds. The summed E-state index contributed by atoms with van der Waals surface area (Å²) >= 11 is 11.8. The van der Waals surface area contributed by atoms with E-state index < -0.39 is 0 Å². The van der Waals surface area contributed by atoms with Gasteiger partial charge in [-0.1, -0.05) is 27.5 Å². The summed E-state index contributed by atoms with van der Waals surface area (Å²) in [4.78, 5) is 1.30. The number of thiophene rings is 1. The van der Waals surface area contributed by atoms with E-state index in [1.54, 1.807) is 31.6 Å². The second-order valence-corrected chi connectivity index (χ2v) is 6.33. The molecule has 2 rings (SSSR count). The molecule has 1 unspecified atom stereocenters. The lowest BCUT2D eigenvalue weighted by Crippen LogP contribution is -1.97. The molecule has 1 aromatic heterocycles. The van der Waals surface area contributed by atoms with Gasteiger partial charge < -0.3 is 9.47 Å². The molecule has 1 aromatic carbocycles. The van der Waals surface area contributed by atoms with Crippen molar-refractivity contribution >= 4 is 38.9 Å². The molecule has 5 heteroatoms. The first-order valence-electron chi connectivity index (χ1n) is 5.68. The third-order valence-corrected chi connectivity index (χ3v) is 5.57. The van der Waals surface area contributed by atoms with Crippen LogP contribution in [0.2, 0.25) is 5.02 Å². The summed E-state index contributed by atoms with van der Waals surface area (Å²) in [5, 5.41) is 2.74. The Kier molecular flexibility index (Phi) is 4.76. The summed E-state index contributed by atoms with van der Waals surface area (Å²) < 4.78 is 10.6. The van der Waals surface area contributed by atoms with Gasteiger partial charge in [0.2, 0.25) is 0 Å². The summed E-state index contributed by atoms with van der Waals surface area (Å²) in [6.07, 6.45) is 0. The summed E-state index contributed by atoms with van der Waals surface area (Å²) in [5.74, 6) is 1.32. The van der Waals surface area contributed by atoms with Crippen LogP contribution in [0.25, 0.3) is 0 Å². The number of rotatable bonds is 4. The molecule has 0 bridgehead atoms. The molecule has 19 heavy (non-hydrogen) atoms. The molecular formula is C14H14BrClO2S. The molecule has 0 aliphatic heterocycles. The lowest BCUT2D eigenvalue weighted by atomic mass is 10.1. The first-order valence-corrected chi connectivity index (χ1v) is 7.85. The maximum absolute atomic E-state index is 6.34. The van der Waals surface area contributed by atoms with E-state index in [2.05, 4.69) is 34.3 Å². The summed E-state index contributed by atoms with van der Waals surface area (Å²) in [6, 6.07) is 5.80. The van der Waals surface area contributed by atoms with Crippen LogP contribution in [0.4, 0.5) is 0 Å². The Morgan fingerprint density at radius 1 is 1.21 bits per heavy atom. The zero-order valence-electron chi connectivity index (χ0n) is 10.9. The molecule has 0 N–H and O–H groups in total. The van der Waals surface area contributed by atoms with Gasteiger partial charge in [-0.15, -0.1) is 11.3 Å². The minimum Gasteiger partial charge on any atom is -0.493 e. The monoisotopic (exact) mass is 360 g/mol. The van der Waals surface area contributed by atoms with E-state index in [0.29, 0.717) is 16.5 Å². The Morgan fingerprint density at radius 2 is 1.84 bits per heavy atom. The van der Waals surface area contributed by atoms with Crippen LogP contribution < -0.4 is 9.47 Å². The highest BCUT2D eigenvalue weighted by atomic mass is 79.9. The number of benzene rings is 1. The van der Waals surface area contributed by atoms with E-state index in [1.807, 2.05) is 6.07 Å². The lowest BCUT2D eigenvalue weighted by molar-refractivity contribution is 0.354. The largest absolute Gasteiger partial charge is 0.493 e. The number of halogens is 2. The third-order valence-electron chi connectivity index (χ3n) is 2.91. The summed E-state index contributed by atoms with van der Waals surface area (Å²) in [7, 11) is 3.22. The predicted octanol–water partition coefficient (Wildman–Crippen LogP) is 5.21. The molecule has 2 aromatic rings. The van der Waals surface area contributed by atoms with Gasteiger partial charge in [-0.25, -0.2) is 0 Å². The van der Waals surface area contributed by atoms with Gasteiger partial charge >= 0.3 is 0 Å². The van der Waals surface area contributed by atoms with E-state index in [1.165, 1.54) is 10.4 Å². The number of ether oxygens (including phenoxy) is 2. The Morgan fingerprint density at radius 3 is 2.37 bits per heavy atom. The fraction of sp³-hybridized carbons (Fsp3) is 0.286. The van der Waals surface area contributed by atoms with E-state index in [0.717, 1.165) is 5.56 Å². The van der Waals surface area contributed by atoms with Crippen LogP contribution in [0.1, 0.15) is 20.8 Å². The van der Waals surface area contributed by atoms with Gasteiger partial charge in [-0.3, -0.25) is 0 Å². The third kappa shape index (κ3) is 2.91. The van der Waals surface area contributed by atoms with Crippen LogP contribution >= 0.6 is 38.9 Å². The average Bonchev–Trinajstić information content (AvgIpc) is 2.83. The first kappa shape index (κ1) is 14.7. The van der Waals surface area contributed by atoms with Gasteiger partial charge in [0.25, 0.3) is 0 Å². The van der Waals surface area contributed by atoms with Crippen molar-refractivity contribution in [3.05, 3.63) is 44.6 Å². The molecule has 0 saturated heterocycles. The van der Waals surface area contributed by atoms with Crippen molar-refractivity contribution in [3.63, 3.8) is 0 Å². The first-order chi connectivity index (χ1) is 9.08.